The fourth-order valence-corrected chi connectivity index (χ4v) is 3.65. The van der Waals surface area contributed by atoms with E-state index >= 15 is 0 Å². The number of carbonyl (C=O) groups is 2. The van der Waals surface area contributed by atoms with Crippen molar-refractivity contribution in [3.63, 3.8) is 0 Å². The molecule has 1 saturated heterocycles. The van der Waals surface area contributed by atoms with E-state index in [9.17, 15) is 9.59 Å². The smallest absolute Gasteiger partial charge is 0.317 e. The van der Waals surface area contributed by atoms with E-state index in [0.29, 0.717) is 12.6 Å². The zero-order valence-electron chi connectivity index (χ0n) is 13.1. The number of hydrogen-bond donors (Lipinski definition) is 2. The molecule has 0 bridgehead atoms. The molecule has 1 heterocycles. The van der Waals surface area contributed by atoms with Gasteiger partial charge >= 0.3 is 12.0 Å². The number of likely N-dealkylation sites (tertiary alicyclic amines) is 1. The van der Waals surface area contributed by atoms with Gasteiger partial charge in [-0.05, 0) is 37.5 Å². The maximum absolute atomic E-state index is 12.5. The molecule has 1 aliphatic carbocycles. The lowest BCUT2D eigenvalue weighted by molar-refractivity contribution is -0.141. The highest BCUT2D eigenvalue weighted by Gasteiger charge is 2.39. The van der Waals surface area contributed by atoms with Crippen molar-refractivity contribution < 1.29 is 14.7 Å². The summed E-state index contributed by atoms with van der Waals surface area (Å²) in [6, 6.07) is 0.338. The first-order valence-electron chi connectivity index (χ1n) is 8.32. The quantitative estimate of drug-likeness (QED) is 0.819. The van der Waals surface area contributed by atoms with Gasteiger partial charge in [0.25, 0.3) is 0 Å². The Labute approximate surface area is 127 Å². The van der Waals surface area contributed by atoms with Crippen LogP contribution in [0, 0.1) is 5.41 Å². The van der Waals surface area contributed by atoms with Crippen molar-refractivity contribution in [2.24, 2.45) is 5.41 Å². The van der Waals surface area contributed by atoms with Crippen LogP contribution < -0.4 is 5.32 Å². The van der Waals surface area contributed by atoms with Gasteiger partial charge in [-0.15, -0.1) is 0 Å². The van der Waals surface area contributed by atoms with E-state index in [1.54, 1.807) is 0 Å². The largest absolute Gasteiger partial charge is 0.481 e. The third-order valence-corrected chi connectivity index (χ3v) is 5.16. The Morgan fingerprint density at radius 3 is 2.57 bits per heavy atom. The first-order valence-corrected chi connectivity index (χ1v) is 8.32. The van der Waals surface area contributed by atoms with Gasteiger partial charge in [0, 0.05) is 19.1 Å². The molecule has 1 atom stereocenters. The summed E-state index contributed by atoms with van der Waals surface area (Å²) in [7, 11) is 0. The van der Waals surface area contributed by atoms with Gasteiger partial charge < -0.3 is 15.3 Å². The van der Waals surface area contributed by atoms with Crippen molar-refractivity contribution in [2.75, 3.05) is 13.1 Å². The van der Waals surface area contributed by atoms with Gasteiger partial charge in [-0.1, -0.05) is 26.2 Å². The number of carboxylic acid groups (broad SMARTS) is 1. The summed E-state index contributed by atoms with van der Waals surface area (Å²) < 4.78 is 0. The number of nitrogens with one attached hydrogen (secondary N) is 1. The van der Waals surface area contributed by atoms with Crippen molar-refractivity contribution in [3.8, 4) is 0 Å². The number of carbonyl (C=O) groups excluding carboxylic acids is 1. The van der Waals surface area contributed by atoms with Crippen LogP contribution in [-0.4, -0.2) is 41.1 Å². The van der Waals surface area contributed by atoms with E-state index in [2.05, 4.69) is 12.2 Å². The molecule has 1 saturated carbocycles. The zero-order chi connectivity index (χ0) is 15.3. The molecule has 0 radical (unpaired) electrons. The molecule has 2 fully saturated rings. The molecule has 120 valence electrons. The molecule has 0 aromatic rings. The van der Waals surface area contributed by atoms with E-state index in [4.69, 9.17) is 5.11 Å². The van der Waals surface area contributed by atoms with Crippen LogP contribution in [0.3, 0.4) is 0 Å². The van der Waals surface area contributed by atoms with E-state index in [1.165, 1.54) is 12.8 Å². The van der Waals surface area contributed by atoms with Gasteiger partial charge in [0.05, 0.1) is 6.42 Å². The van der Waals surface area contributed by atoms with Gasteiger partial charge in [0.2, 0.25) is 0 Å². The summed E-state index contributed by atoms with van der Waals surface area (Å²) >= 11 is 0. The number of carboxylic acids is 1. The minimum absolute atomic E-state index is 0.000383. The standard InChI is InChI=1S/C16H28N2O3/c1-2-13-7-4-3-5-10-18(13)15(21)17-12-16(8-6-9-16)11-14(19)20/h13H,2-12H2,1H3,(H,17,21)(H,19,20). The molecule has 0 aromatic heterocycles. The third-order valence-electron chi connectivity index (χ3n) is 5.16. The Bertz CT molecular complexity index is 380. The first-order chi connectivity index (χ1) is 10.1. The number of rotatable bonds is 5. The van der Waals surface area contributed by atoms with Crippen LogP contribution in [0.25, 0.3) is 0 Å². The molecule has 0 aromatic carbocycles. The summed E-state index contributed by atoms with van der Waals surface area (Å²) in [6.45, 7) is 3.47. The highest BCUT2D eigenvalue weighted by molar-refractivity contribution is 5.75. The molecule has 2 rings (SSSR count). The van der Waals surface area contributed by atoms with Gasteiger partial charge in [-0.2, -0.15) is 0 Å². The summed E-state index contributed by atoms with van der Waals surface area (Å²) in [5, 5.41) is 12.0. The highest BCUT2D eigenvalue weighted by Crippen LogP contribution is 2.43. The average Bonchev–Trinajstić information content (AvgIpc) is 2.65. The normalized spacial score (nSPS) is 24.8. The second-order valence-electron chi connectivity index (χ2n) is 6.69. The monoisotopic (exact) mass is 296 g/mol. The lowest BCUT2D eigenvalue weighted by Gasteiger charge is -2.41. The Balaban J connectivity index is 1.89. The summed E-state index contributed by atoms with van der Waals surface area (Å²) in [5.74, 6) is -0.759. The van der Waals surface area contributed by atoms with Gasteiger partial charge in [-0.25, -0.2) is 4.79 Å². The lowest BCUT2D eigenvalue weighted by atomic mass is 9.66. The summed E-state index contributed by atoms with van der Waals surface area (Å²) in [4.78, 5) is 25.4. The first kappa shape index (κ1) is 16.1. The van der Waals surface area contributed by atoms with E-state index in [1.807, 2.05) is 4.90 Å². The molecule has 0 spiro atoms. The highest BCUT2D eigenvalue weighted by atomic mass is 16.4. The average molecular weight is 296 g/mol. The molecular formula is C16H28N2O3. The van der Waals surface area contributed by atoms with E-state index in [-0.39, 0.29) is 17.9 Å². The van der Waals surface area contributed by atoms with Crippen molar-refractivity contribution in [3.05, 3.63) is 0 Å². The van der Waals surface area contributed by atoms with Crippen LogP contribution >= 0.6 is 0 Å². The van der Waals surface area contributed by atoms with Crippen LogP contribution in [0.15, 0.2) is 0 Å². The predicted molar refractivity (Wildman–Crippen MR) is 81.2 cm³/mol. The van der Waals surface area contributed by atoms with Crippen molar-refractivity contribution >= 4 is 12.0 Å². The molecule has 2 amide bonds. The van der Waals surface area contributed by atoms with Crippen LogP contribution in [0.1, 0.15) is 64.7 Å². The summed E-state index contributed by atoms with van der Waals surface area (Å²) in [6.07, 6.45) is 8.62. The minimum Gasteiger partial charge on any atom is -0.481 e. The second-order valence-corrected chi connectivity index (χ2v) is 6.69. The SMILES string of the molecule is CCC1CCCCCN1C(=O)NCC1(CC(=O)O)CCC1. The minimum atomic E-state index is -0.759. The van der Waals surface area contributed by atoms with Crippen LogP contribution in [0.4, 0.5) is 4.79 Å². The fraction of sp³-hybridized carbons (Fsp3) is 0.875. The topological polar surface area (TPSA) is 69.6 Å². The Morgan fingerprint density at radius 1 is 1.24 bits per heavy atom. The van der Waals surface area contributed by atoms with Crippen LogP contribution in [-0.2, 0) is 4.79 Å². The molecule has 5 nitrogen and oxygen atoms in total. The molecule has 21 heavy (non-hydrogen) atoms. The van der Waals surface area contributed by atoms with Crippen molar-refractivity contribution in [2.45, 2.75) is 70.8 Å². The fourth-order valence-electron chi connectivity index (χ4n) is 3.65. The van der Waals surface area contributed by atoms with Crippen LogP contribution in [0.2, 0.25) is 0 Å². The molecule has 5 heteroatoms. The van der Waals surface area contributed by atoms with E-state index in [0.717, 1.165) is 45.1 Å². The number of hydrogen-bond acceptors (Lipinski definition) is 2. The van der Waals surface area contributed by atoms with Crippen molar-refractivity contribution in [1.29, 1.82) is 0 Å². The Morgan fingerprint density at radius 2 is 2.00 bits per heavy atom. The second kappa shape index (κ2) is 7.14. The maximum Gasteiger partial charge on any atom is 0.317 e. The number of amides is 2. The lowest BCUT2D eigenvalue weighted by Crippen LogP contribution is -2.50. The molecule has 2 aliphatic rings. The third kappa shape index (κ3) is 4.11. The van der Waals surface area contributed by atoms with Gasteiger partial charge in [0.1, 0.15) is 0 Å². The molecule has 1 unspecified atom stereocenters. The Hall–Kier alpha value is -1.26. The summed E-state index contributed by atoms with van der Waals surface area (Å²) in [5.41, 5.74) is -0.199. The Kier molecular flexibility index (Phi) is 5.48. The van der Waals surface area contributed by atoms with Crippen molar-refractivity contribution in [1.82, 2.24) is 10.2 Å². The molecule has 1 aliphatic heterocycles. The zero-order valence-corrected chi connectivity index (χ0v) is 13.1. The van der Waals surface area contributed by atoms with Gasteiger partial charge in [-0.3, -0.25) is 4.79 Å². The van der Waals surface area contributed by atoms with E-state index < -0.39 is 5.97 Å². The number of nitrogens with zero attached hydrogens (tertiary/aromatic N) is 1. The van der Waals surface area contributed by atoms with Crippen LogP contribution in [0.5, 0.6) is 0 Å². The predicted octanol–water partition coefficient (Wildman–Crippen LogP) is 3.00. The maximum atomic E-state index is 12.5. The molecular weight excluding hydrogens is 268 g/mol. The number of aliphatic carboxylic acids is 1. The molecule has 2 N–H and O–H groups in total. The van der Waals surface area contributed by atoms with Gasteiger partial charge in [0.15, 0.2) is 0 Å². The number of urea groups is 1.